The molecule has 1 saturated heterocycles. The Kier molecular flexibility index (Phi) is 3.37. The number of piperazine rings is 1. The van der Waals surface area contributed by atoms with Gasteiger partial charge in [0.05, 0.1) is 0 Å². The lowest BCUT2D eigenvalue weighted by molar-refractivity contribution is -0.157. The lowest BCUT2D eigenvalue weighted by Crippen LogP contribution is -2.70. The van der Waals surface area contributed by atoms with Crippen molar-refractivity contribution in [2.45, 2.75) is 46.2 Å². The fraction of sp³-hybridized carbons (Fsp3) is 0.692. The van der Waals surface area contributed by atoms with Crippen molar-refractivity contribution in [2.75, 3.05) is 6.54 Å². The summed E-state index contributed by atoms with van der Waals surface area (Å²) in [5.41, 5.74) is -1.10. The summed E-state index contributed by atoms with van der Waals surface area (Å²) >= 11 is 0. The van der Waals surface area contributed by atoms with Crippen molar-refractivity contribution >= 4 is 11.8 Å². The molecule has 4 nitrogen and oxygen atoms in total. The van der Waals surface area contributed by atoms with E-state index in [2.05, 4.69) is 11.9 Å². The molecular formula is C13H22N2O2. The van der Waals surface area contributed by atoms with Crippen LogP contribution in [0.1, 0.15) is 34.6 Å². The second-order valence-electron chi connectivity index (χ2n) is 6.07. The maximum atomic E-state index is 12.4. The summed E-state index contributed by atoms with van der Waals surface area (Å²) in [5, 5.41) is 2.82. The van der Waals surface area contributed by atoms with E-state index in [-0.39, 0.29) is 17.2 Å². The molecular weight excluding hydrogens is 216 g/mol. The second-order valence-corrected chi connectivity index (χ2v) is 6.07. The van der Waals surface area contributed by atoms with Gasteiger partial charge in [-0.2, -0.15) is 0 Å². The van der Waals surface area contributed by atoms with Gasteiger partial charge in [-0.3, -0.25) is 9.59 Å². The molecule has 1 heterocycles. The van der Waals surface area contributed by atoms with Gasteiger partial charge in [-0.1, -0.05) is 26.8 Å². The van der Waals surface area contributed by atoms with Crippen LogP contribution in [0, 0.1) is 5.41 Å². The van der Waals surface area contributed by atoms with E-state index in [1.165, 1.54) is 0 Å². The van der Waals surface area contributed by atoms with Crippen molar-refractivity contribution in [1.29, 1.82) is 0 Å². The maximum Gasteiger partial charge on any atom is 0.246 e. The van der Waals surface area contributed by atoms with Crippen LogP contribution in [0.3, 0.4) is 0 Å². The van der Waals surface area contributed by atoms with E-state index >= 15 is 0 Å². The van der Waals surface area contributed by atoms with Gasteiger partial charge < -0.3 is 10.2 Å². The van der Waals surface area contributed by atoms with Crippen molar-refractivity contribution in [3.63, 3.8) is 0 Å². The zero-order chi connectivity index (χ0) is 13.4. The van der Waals surface area contributed by atoms with Gasteiger partial charge in [0.25, 0.3) is 0 Å². The van der Waals surface area contributed by atoms with Crippen molar-refractivity contribution in [3.8, 4) is 0 Å². The first-order valence-electron chi connectivity index (χ1n) is 5.85. The minimum Gasteiger partial charge on any atom is -0.342 e. The van der Waals surface area contributed by atoms with Crippen molar-refractivity contribution < 1.29 is 9.59 Å². The Hall–Kier alpha value is -1.32. The first-order chi connectivity index (χ1) is 7.62. The van der Waals surface area contributed by atoms with Gasteiger partial charge in [0, 0.05) is 6.54 Å². The minimum atomic E-state index is -0.812. The van der Waals surface area contributed by atoms with Gasteiger partial charge >= 0.3 is 0 Å². The predicted molar refractivity (Wildman–Crippen MR) is 67.4 cm³/mol. The number of hydrogen-bond acceptors (Lipinski definition) is 2. The SMILES string of the molecule is C=CCN1C(=O)C(C(C)(C)C)NC(=O)C1(C)C. The Balaban J connectivity index is 3.11. The normalized spacial score (nSPS) is 24.5. The van der Waals surface area contributed by atoms with Crippen LogP contribution in [0.4, 0.5) is 0 Å². The molecule has 0 aromatic rings. The molecule has 1 aliphatic heterocycles. The zero-order valence-electron chi connectivity index (χ0n) is 11.3. The number of amides is 2. The molecule has 1 rings (SSSR count). The molecule has 0 saturated carbocycles. The van der Waals surface area contributed by atoms with E-state index in [4.69, 9.17) is 0 Å². The summed E-state index contributed by atoms with van der Waals surface area (Å²) in [4.78, 5) is 26.0. The van der Waals surface area contributed by atoms with Crippen LogP contribution in [-0.2, 0) is 9.59 Å². The maximum absolute atomic E-state index is 12.4. The first-order valence-corrected chi connectivity index (χ1v) is 5.85. The van der Waals surface area contributed by atoms with Crippen LogP contribution in [0.25, 0.3) is 0 Å². The Morgan fingerprint density at radius 3 is 2.35 bits per heavy atom. The molecule has 4 heteroatoms. The molecule has 0 aromatic carbocycles. The fourth-order valence-corrected chi connectivity index (χ4v) is 1.96. The Morgan fingerprint density at radius 1 is 1.41 bits per heavy atom. The highest BCUT2D eigenvalue weighted by molar-refractivity contribution is 5.99. The average molecular weight is 238 g/mol. The van der Waals surface area contributed by atoms with E-state index in [0.717, 1.165) is 0 Å². The van der Waals surface area contributed by atoms with Crippen molar-refractivity contribution in [1.82, 2.24) is 10.2 Å². The quantitative estimate of drug-likeness (QED) is 0.738. The van der Waals surface area contributed by atoms with Crippen LogP contribution in [0.5, 0.6) is 0 Å². The molecule has 2 amide bonds. The van der Waals surface area contributed by atoms with Gasteiger partial charge in [-0.15, -0.1) is 6.58 Å². The van der Waals surface area contributed by atoms with Crippen LogP contribution >= 0.6 is 0 Å². The molecule has 96 valence electrons. The zero-order valence-corrected chi connectivity index (χ0v) is 11.3. The molecule has 0 radical (unpaired) electrons. The standard InChI is InChI=1S/C13H22N2O2/c1-7-8-15-10(16)9(12(2,3)4)14-11(17)13(15,5)6/h7,9H,1,8H2,2-6H3,(H,14,17). The third-order valence-electron chi connectivity index (χ3n) is 3.20. The summed E-state index contributed by atoms with van der Waals surface area (Å²) in [5.74, 6) is -0.152. The van der Waals surface area contributed by atoms with Gasteiger partial charge in [0.1, 0.15) is 11.6 Å². The number of carbonyl (C=O) groups excluding carboxylic acids is 2. The average Bonchev–Trinajstić information content (AvgIpc) is 2.17. The lowest BCUT2D eigenvalue weighted by Gasteiger charge is -2.47. The van der Waals surface area contributed by atoms with Crippen LogP contribution < -0.4 is 5.32 Å². The fourth-order valence-electron chi connectivity index (χ4n) is 1.96. The number of carbonyl (C=O) groups is 2. The molecule has 1 N–H and O–H groups in total. The third-order valence-corrected chi connectivity index (χ3v) is 3.20. The highest BCUT2D eigenvalue weighted by Crippen LogP contribution is 2.29. The summed E-state index contributed by atoms with van der Waals surface area (Å²) in [6.07, 6.45) is 1.65. The summed E-state index contributed by atoms with van der Waals surface area (Å²) < 4.78 is 0. The molecule has 0 bridgehead atoms. The number of hydrogen-bond donors (Lipinski definition) is 1. The summed E-state index contributed by atoms with van der Waals surface area (Å²) in [6.45, 7) is 13.4. The van der Waals surface area contributed by atoms with Crippen LogP contribution in [-0.4, -0.2) is 34.8 Å². The van der Waals surface area contributed by atoms with Crippen molar-refractivity contribution in [2.24, 2.45) is 5.41 Å². The Morgan fingerprint density at radius 2 is 1.94 bits per heavy atom. The Labute approximate surface area is 103 Å². The largest absolute Gasteiger partial charge is 0.342 e. The van der Waals surface area contributed by atoms with E-state index in [9.17, 15) is 9.59 Å². The van der Waals surface area contributed by atoms with Gasteiger partial charge in [-0.25, -0.2) is 0 Å². The minimum absolute atomic E-state index is 0.0398. The molecule has 0 aliphatic carbocycles. The summed E-state index contributed by atoms with van der Waals surface area (Å²) in [6, 6.07) is -0.469. The van der Waals surface area contributed by atoms with Gasteiger partial charge in [-0.05, 0) is 19.3 Å². The predicted octanol–water partition coefficient (Wildman–Crippen LogP) is 1.32. The molecule has 1 unspecified atom stereocenters. The first kappa shape index (κ1) is 13.7. The topological polar surface area (TPSA) is 49.4 Å². The Bertz CT molecular complexity index is 353. The molecule has 1 aliphatic rings. The third kappa shape index (κ3) is 2.35. The van der Waals surface area contributed by atoms with Gasteiger partial charge in [0.15, 0.2) is 0 Å². The number of nitrogens with one attached hydrogen (secondary N) is 1. The molecule has 0 aromatic heterocycles. The second kappa shape index (κ2) is 4.17. The van der Waals surface area contributed by atoms with E-state index in [1.54, 1.807) is 24.8 Å². The molecule has 1 fully saturated rings. The van der Waals surface area contributed by atoms with Gasteiger partial charge in [0.2, 0.25) is 11.8 Å². The number of rotatable bonds is 2. The molecule has 17 heavy (non-hydrogen) atoms. The smallest absolute Gasteiger partial charge is 0.246 e. The lowest BCUT2D eigenvalue weighted by atomic mass is 9.82. The van der Waals surface area contributed by atoms with E-state index in [0.29, 0.717) is 6.54 Å². The molecule has 1 atom stereocenters. The van der Waals surface area contributed by atoms with E-state index < -0.39 is 11.6 Å². The number of nitrogens with zero attached hydrogens (tertiary/aromatic N) is 1. The van der Waals surface area contributed by atoms with Crippen LogP contribution in [0.2, 0.25) is 0 Å². The highest BCUT2D eigenvalue weighted by atomic mass is 16.2. The summed E-state index contributed by atoms with van der Waals surface area (Å²) in [7, 11) is 0. The van der Waals surface area contributed by atoms with Crippen molar-refractivity contribution in [3.05, 3.63) is 12.7 Å². The van der Waals surface area contributed by atoms with Crippen LogP contribution in [0.15, 0.2) is 12.7 Å². The monoisotopic (exact) mass is 238 g/mol. The van der Waals surface area contributed by atoms with E-state index in [1.807, 2.05) is 20.8 Å². The highest BCUT2D eigenvalue weighted by Gasteiger charge is 2.49. The molecule has 0 spiro atoms.